The lowest BCUT2D eigenvalue weighted by molar-refractivity contribution is -0.153. The second kappa shape index (κ2) is 14.6. The molecule has 3 aliphatic rings. The third kappa shape index (κ3) is 6.74. The molecule has 4 atom stereocenters. The van der Waals surface area contributed by atoms with Crippen molar-refractivity contribution in [1.29, 1.82) is 0 Å². The van der Waals surface area contributed by atoms with Crippen LogP contribution in [0.2, 0.25) is 0 Å². The standard InChI is InChI=1S/C34H46N4O11/c1-36(2)21-15-18(16-38(11-7-9-22(39)48-5)12-8-10-23(40)49-6)28(41)25-19(21)13-17-14-20-27(37(3)4)30(43)26(33(35)46)32(45)34(20,47)31(44)24(17)29(25)42/h15,17,20,27,41-42,45,47H,7-14,16H2,1-6H3,(H2,35,46)/t17-,20-,27+,34-/m0/s1. The number of carbonyl (C=O) groups is 5. The summed E-state index contributed by atoms with van der Waals surface area (Å²) in [6.45, 7) is 0.962. The maximum absolute atomic E-state index is 14.3. The van der Waals surface area contributed by atoms with Gasteiger partial charge in [0.05, 0.1) is 25.8 Å². The van der Waals surface area contributed by atoms with Crippen LogP contribution in [0.25, 0.3) is 5.76 Å². The maximum Gasteiger partial charge on any atom is 0.305 e. The topological polar surface area (TPSA) is 220 Å². The lowest BCUT2D eigenvalue weighted by Gasteiger charge is -2.50. The smallest absolute Gasteiger partial charge is 0.305 e. The molecule has 6 N–H and O–H groups in total. The van der Waals surface area contributed by atoms with Gasteiger partial charge in [-0.25, -0.2) is 0 Å². The second-order valence-corrected chi connectivity index (χ2v) is 13.2. The average Bonchev–Trinajstić information content (AvgIpc) is 3.02. The molecule has 0 saturated heterocycles. The van der Waals surface area contributed by atoms with Gasteiger partial charge >= 0.3 is 11.9 Å². The molecule has 4 rings (SSSR count). The highest BCUT2D eigenvalue weighted by molar-refractivity contribution is 6.24. The van der Waals surface area contributed by atoms with Gasteiger partial charge in [0.25, 0.3) is 5.91 Å². The monoisotopic (exact) mass is 686 g/mol. The van der Waals surface area contributed by atoms with Gasteiger partial charge in [-0.3, -0.25) is 33.8 Å². The number of phenols is 1. The van der Waals surface area contributed by atoms with E-state index < -0.39 is 58.0 Å². The number of ketones is 2. The summed E-state index contributed by atoms with van der Waals surface area (Å²) in [4.78, 5) is 68.6. The second-order valence-electron chi connectivity index (χ2n) is 13.2. The predicted octanol–water partition coefficient (Wildman–Crippen LogP) is 0.738. The maximum atomic E-state index is 14.3. The molecule has 15 nitrogen and oxygen atoms in total. The van der Waals surface area contributed by atoms with Crippen LogP contribution in [0.15, 0.2) is 23.0 Å². The zero-order valence-electron chi connectivity index (χ0n) is 28.7. The molecular formula is C34H46N4O11. The first kappa shape index (κ1) is 37.4. The van der Waals surface area contributed by atoms with Crippen LogP contribution in [0.1, 0.15) is 48.8 Å². The summed E-state index contributed by atoms with van der Waals surface area (Å²) in [6, 6.07) is 0.604. The van der Waals surface area contributed by atoms with Crippen molar-refractivity contribution in [2.75, 3.05) is 60.4 Å². The summed E-state index contributed by atoms with van der Waals surface area (Å²) in [5.41, 5.74) is 3.13. The van der Waals surface area contributed by atoms with Crippen molar-refractivity contribution >= 4 is 40.9 Å². The number of methoxy groups -OCH3 is 2. The van der Waals surface area contributed by atoms with Crippen molar-refractivity contribution < 1.29 is 53.9 Å². The fourth-order valence-electron chi connectivity index (χ4n) is 7.47. The Morgan fingerprint density at radius 1 is 0.980 bits per heavy atom. The molecule has 1 aromatic carbocycles. The summed E-state index contributed by atoms with van der Waals surface area (Å²) < 4.78 is 9.50. The summed E-state index contributed by atoms with van der Waals surface area (Å²) in [5, 5.41) is 46.6. The third-order valence-corrected chi connectivity index (χ3v) is 9.82. The molecule has 0 aliphatic heterocycles. The minimum absolute atomic E-state index is 0.0124. The molecule has 1 saturated carbocycles. The number of aliphatic hydroxyl groups is 3. The first-order valence-corrected chi connectivity index (χ1v) is 16.1. The Morgan fingerprint density at radius 3 is 2.04 bits per heavy atom. The Bertz CT molecular complexity index is 1590. The van der Waals surface area contributed by atoms with Crippen LogP contribution < -0.4 is 10.6 Å². The van der Waals surface area contributed by atoms with Crippen LogP contribution in [0.3, 0.4) is 0 Å². The minimum atomic E-state index is -2.74. The number of likely N-dealkylation sites (N-methyl/N-ethyl adjacent to an activating group) is 1. The normalized spacial score (nSPS) is 23.3. The SMILES string of the molecule is COC(=O)CCCN(CCCC(=O)OC)Cc1cc(N(C)C)c2c(c1O)C(O)=C1C(=O)[C@]3(O)C(O)=C(C(N)=O)C(=O)[C@H](N(C)C)[C@@H]3C[C@@H]1C2. The number of phenolic OH excluding ortho intramolecular Hbond substituents is 1. The molecule has 3 aliphatic carbocycles. The van der Waals surface area contributed by atoms with E-state index in [4.69, 9.17) is 15.2 Å². The zero-order valence-corrected chi connectivity index (χ0v) is 28.7. The fraction of sp³-hybridized carbons (Fsp3) is 0.559. The molecule has 0 unspecified atom stereocenters. The fourth-order valence-corrected chi connectivity index (χ4v) is 7.47. The number of amides is 1. The number of primary amides is 1. The van der Waals surface area contributed by atoms with Gasteiger partial charge in [0.15, 0.2) is 11.4 Å². The lowest BCUT2D eigenvalue weighted by atomic mass is 9.57. The number of anilines is 1. The van der Waals surface area contributed by atoms with Crippen LogP contribution in [-0.4, -0.2) is 127 Å². The van der Waals surface area contributed by atoms with Crippen LogP contribution >= 0.6 is 0 Å². The number of aromatic hydroxyl groups is 1. The molecule has 0 spiro atoms. The van der Waals surface area contributed by atoms with Gasteiger partial charge in [-0.1, -0.05) is 0 Å². The van der Waals surface area contributed by atoms with Gasteiger partial charge < -0.3 is 40.5 Å². The lowest BCUT2D eigenvalue weighted by Crippen LogP contribution is -2.65. The van der Waals surface area contributed by atoms with E-state index in [0.717, 1.165) is 0 Å². The Labute approximate surface area is 284 Å². The number of ether oxygens (including phenoxy) is 2. The molecule has 15 heteroatoms. The van der Waals surface area contributed by atoms with Crippen molar-refractivity contribution in [3.05, 3.63) is 39.7 Å². The molecule has 0 aromatic heterocycles. The zero-order chi connectivity index (χ0) is 36.5. The van der Waals surface area contributed by atoms with Crippen LogP contribution in [-0.2, 0) is 46.4 Å². The van der Waals surface area contributed by atoms with Crippen molar-refractivity contribution in [1.82, 2.24) is 9.80 Å². The van der Waals surface area contributed by atoms with E-state index in [-0.39, 0.29) is 61.1 Å². The molecule has 0 radical (unpaired) electrons. The molecular weight excluding hydrogens is 640 g/mol. The first-order valence-electron chi connectivity index (χ1n) is 16.1. The number of fused-ring (bicyclic) bond motifs is 3. The van der Waals surface area contributed by atoms with E-state index in [1.807, 2.05) is 4.90 Å². The third-order valence-electron chi connectivity index (χ3n) is 9.82. The Hall–Kier alpha value is -4.47. The van der Waals surface area contributed by atoms with Crippen molar-refractivity contribution in [2.24, 2.45) is 17.6 Å². The van der Waals surface area contributed by atoms with E-state index in [1.54, 1.807) is 39.2 Å². The van der Waals surface area contributed by atoms with Crippen LogP contribution in [0, 0.1) is 11.8 Å². The summed E-state index contributed by atoms with van der Waals surface area (Å²) >= 11 is 0. The van der Waals surface area contributed by atoms with Crippen molar-refractivity contribution in [3.8, 4) is 5.75 Å². The summed E-state index contributed by atoms with van der Waals surface area (Å²) in [6.07, 6.45) is 1.31. The number of nitrogens with two attached hydrogens (primary N) is 1. The highest BCUT2D eigenvalue weighted by Crippen LogP contribution is 2.54. The van der Waals surface area contributed by atoms with Gasteiger partial charge in [0.2, 0.25) is 5.78 Å². The summed E-state index contributed by atoms with van der Waals surface area (Å²) in [7, 11) is 9.27. The Balaban J connectivity index is 1.82. The van der Waals surface area contributed by atoms with E-state index in [9.17, 15) is 44.4 Å². The van der Waals surface area contributed by atoms with Crippen LogP contribution in [0.4, 0.5) is 5.69 Å². The molecule has 49 heavy (non-hydrogen) atoms. The van der Waals surface area contributed by atoms with Gasteiger partial charge in [-0.15, -0.1) is 0 Å². The largest absolute Gasteiger partial charge is 0.508 e. The quantitative estimate of drug-likeness (QED) is 0.143. The van der Waals surface area contributed by atoms with Gasteiger partial charge in [-0.2, -0.15) is 0 Å². The van der Waals surface area contributed by atoms with Crippen molar-refractivity contribution in [2.45, 2.75) is 56.7 Å². The average molecular weight is 687 g/mol. The van der Waals surface area contributed by atoms with E-state index in [0.29, 0.717) is 42.7 Å². The molecule has 0 bridgehead atoms. The van der Waals surface area contributed by atoms with Gasteiger partial charge in [0, 0.05) is 56.2 Å². The number of aliphatic hydroxyl groups excluding tert-OH is 2. The summed E-state index contributed by atoms with van der Waals surface area (Å²) in [5.74, 6) is -7.88. The number of benzene rings is 1. The highest BCUT2D eigenvalue weighted by atomic mass is 16.5. The molecule has 1 fully saturated rings. The predicted molar refractivity (Wildman–Crippen MR) is 176 cm³/mol. The number of hydrogen-bond acceptors (Lipinski definition) is 14. The number of rotatable bonds is 13. The van der Waals surface area contributed by atoms with E-state index in [2.05, 4.69) is 0 Å². The number of hydrogen-bond donors (Lipinski definition) is 5. The Morgan fingerprint density at radius 2 is 1.55 bits per heavy atom. The number of esters is 2. The van der Waals surface area contributed by atoms with E-state index in [1.165, 1.54) is 19.1 Å². The molecule has 1 aromatic rings. The Kier molecular flexibility index (Phi) is 11.1. The highest BCUT2D eigenvalue weighted by Gasteiger charge is 2.64. The minimum Gasteiger partial charge on any atom is -0.508 e. The van der Waals surface area contributed by atoms with Gasteiger partial charge in [-0.05, 0) is 70.4 Å². The number of carbonyl (C=O) groups excluding carboxylic acids is 5. The molecule has 0 heterocycles. The molecule has 1 amide bonds. The van der Waals surface area contributed by atoms with Crippen LogP contribution in [0.5, 0.6) is 5.75 Å². The first-order chi connectivity index (χ1) is 23.0. The van der Waals surface area contributed by atoms with E-state index >= 15 is 0 Å². The molecule has 268 valence electrons. The number of Topliss-reactive ketones (excluding diaryl/α,β-unsaturated/α-hetero) is 2. The number of nitrogens with zero attached hydrogens (tertiary/aromatic N) is 3. The van der Waals surface area contributed by atoms with Gasteiger partial charge in [0.1, 0.15) is 22.8 Å². The van der Waals surface area contributed by atoms with Crippen molar-refractivity contribution in [3.63, 3.8) is 0 Å².